The van der Waals surface area contributed by atoms with Crippen LogP contribution in [0.2, 0.25) is 0 Å². The summed E-state index contributed by atoms with van der Waals surface area (Å²) in [5, 5.41) is 7.23. The van der Waals surface area contributed by atoms with E-state index in [0.29, 0.717) is 18.9 Å². The van der Waals surface area contributed by atoms with Crippen LogP contribution < -0.4 is 10.1 Å². The van der Waals surface area contributed by atoms with Crippen molar-refractivity contribution in [1.29, 1.82) is 0 Å². The van der Waals surface area contributed by atoms with Gasteiger partial charge in [-0.2, -0.15) is 11.3 Å². The molecule has 4 heteroatoms. The highest BCUT2D eigenvalue weighted by Crippen LogP contribution is 2.20. The molecule has 102 valence electrons. The van der Waals surface area contributed by atoms with Crippen LogP contribution in [0, 0.1) is 5.82 Å². The van der Waals surface area contributed by atoms with Crippen molar-refractivity contribution in [2.75, 3.05) is 6.54 Å². The lowest BCUT2D eigenvalue weighted by Gasteiger charge is -2.08. The van der Waals surface area contributed by atoms with Crippen LogP contribution in [-0.4, -0.2) is 6.54 Å². The standard InChI is InChI=1S/C15H18FNOS/c1-2-6-17-9-12-3-4-15(14(16)8-12)18-10-13-5-7-19-11-13/h3-5,7-8,11,17H,2,6,9-10H2,1H3. The van der Waals surface area contributed by atoms with E-state index in [9.17, 15) is 4.39 Å². The second-order valence-corrected chi connectivity index (χ2v) is 5.14. The summed E-state index contributed by atoms with van der Waals surface area (Å²) in [5.74, 6) is 0.0106. The fourth-order valence-corrected chi connectivity index (χ4v) is 2.37. The Morgan fingerprint density at radius 3 is 2.84 bits per heavy atom. The van der Waals surface area contributed by atoms with Gasteiger partial charge in [-0.15, -0.1) is 0 Å². The molecule has 0 spiro atoms. The lowest BCUT2D eigenvalue weighted by Crippen LogP contribution is -2.13. The molecule has 19 heavy (non-hydrogen) atoms. The molecular formula is C15H18FNOS. The molecule has 0 unspecified atom stereocenters. The van der Waals surface area contributed by atoms with Gasteiger partial charge in [0.15, 0.2) is 11.6 Å². The van der Waals surface area contributed by atoms with Gasteiger partial charge in [-0.1, -0.05) is 13.0 Å². The Morgan fingerprint density at radius 2 is 2.16 bits per heavy atom. The van der Waals surface area contributed by atoms with E-state index in [4.69, 9.17) is 4.74 Å². The van der Waals surface area contributed by atoms with Crippen molar-refractivity contribution >= 4 is 11.3 Å². The summed E-state index contributed by atoms with van der Waals surface area (Å²) in [6, 6.07) is 7.11. The fraction of sp³-hybridized carbons (Fsp3) is 0.333. The maximum Gasteiger partial charge on any atom is 0.165 e. The van der Waals surface area contributed by atoms with Crippen LogP contribution in [0.3, 0.4) is 0 Å². The molecule has 0 radical (unpaired) electrons. The van der Waals surface area contributed by atoms with Crippen molar-refractivity contribution in [2.45, 2.75) is 26.5 Å². The third-order valence-corrected chi connectivity index (χ3v) is 3.46. The Morgan fingerprint density at radius 1 is 1.26 bits per heavy atom. The quantitative estimate of drug-likeness (QED) is 0.774. The smallest absolute Gasteiger partial charge is 0.165 e. The molecule has 0 aliphatic heterocycles. The number of hydrogen-bond acceptors (Lipinski definition) is 3. The summed E-state index contributed by atoms with van der Waals surface area (Å²) < 4.78 is 19.3. The summed E-state index contributed by atoms with van der Waals surface area (Å²) in [6.45, 7) is 4.15. The van der Waals surface area contributed by atoms with Crippen molar-refractivity contribution in [3.8, 4) is 5.75 Å². The van der Waals surface area contributed by atoms with E-state index in [1.54, 1.807) is 17.4 Å². The lowest BCUT2D eigenvalue weighted by atomic mass is 10.2. The van der Waals surface area contributed by atoms with Crippen molar-refractivity contribution in [3.63, 3.8) is 0 Å². The topological polar surface area (TPSA) is 21.3 Å². The van der Waals surface area contributed by atoms with E-state index in [-0.39, 0.29) is 5.82 Å². The molecule has 0 saturated heterocycles. The average Bonchev–Trinajstić information content (AvgIpc) is 2.91. The molecule has 0 saturated carbocycles. The summed E-state index contributed by atoms with van der Waals surface area (Å²) in [5.41, 5.74) is 2.01. The third kappa shape index (κ3) is 4.33. The van der Waals surface area contributed by atoms with Gasteiger partial charge >= 0.3 is 0 Å². The van der Waals surface area contributed by atoms with Gasteiger partial charge in [-0.05, 0) is 53.1 Å². The molecule has 0 amide bonds. The van der Waals surface area contributed by atoms with Crippen LogP contribution in [0.5, 0.6) is 5.75 Å². The second-order valence-electron chi connectivity index (χ2n) is 4.36. The molecule has 0 atom stereocenters. The largest absolute Gasteiger partial charge is 0.486 e. The van der Waals surface area contributed by atoms with E-state index in [0.717, 1.165) is 24.1 Å². The van der Waals surface area contributed by atoms with Crippen molar-refractivity contribution in [2.24, 2.45) is 0 Å². The van der Waals surface area contributed by atoms with Gasteiger partial charge in [-0.3, -0.25) is 0 Å². The van der Waals surface area contributed by atoms with Gasteiger partial charge in [0, 0.05) is 6.54 Å². The third-order valence-electron chi connectivity index (χ3n) is 2.73. The zero-order valence-corrected chi connectivity index (χ0v) is 11.8. The maximum atomic E-state index is 13.8. The van der Waals surface area contributed by atoms with Crippen LogP contribution in [-0.2, 0) is 13.2 Å². The first kappa shape index (κ1) is 14.0. The van der Waals surface area contributed by atoms with Crippen molar-refractivity contribution in [1.82, 2.24) is 5.32 Å². The molecule has 1 aromatic heterocycles. The van der Waals surface area contributed by atoms with E-state index in [1.807, 2.05) is 22.9 Å². The molecule has 0 fully saturated rings. The van der Waals surface area contributed by atoms with Crippen LogP contribution >= 0.6 is 11.3 Å². The zero-order valence-electron chi connectivity index (χ0n) is 11.0. The Bertz CT molecular complexity index is 499. The van der Waals surface area contributed by atoms with Crippen LogP contribution in [0.4, 0.5) is 4.39 Å². The van der Waals surface area contributed by atoms with Crippen molar-refractivity contribution in [3.05, 3.63) is 52.0 Å². The molecule has 1 aromatic carbocycles. The van der Waals surface area contributed by atoms with Crippen LogP contribution in [0.15, 0.2) is 35.0 Å². The van der Waals surface area contributed by atoms with Gasteiger partial charge in [0.05, 0.1) is 0 Å². The van der Waals surface area contributed by atoms with Crippen molar-refractivity contribution < 1.29 is 9.13 Å². The number of ether oxygens (including phenoxy) is 1. The molecule has 0 bridgehead atoms. The van der Waals surface area contributed by atoms with Gasteiger partial charge in [0.2, 0.25) is 0 Å². The Balaban J connectivity index is 1.91. The molecule has 1 N–H and O–H groups in total. The molecule has 2 nitrogen and oxygen atoms in total. The predicted octanol–water partition coefficient (Wildman–Crippen LogP) is 3.97. The van der Waals surface area contributed by atoms with E-state index in [1.165, 1.54) is 6.07 Å². The highest BCUT2D eigenvalue weighted by atomic mass is 32.1. The van der Waals surface area contributed by atoms with Gasteiger partial charge < -0.3 is 10.1 Å². The predicted molar refractivity (Wildman–Crippen MR) is 77.0 cm³/mol. The maximum absolute atomic E-state index is 13.8. The average molecular weight is 279 g/mol. The molecule has 2 rings (SSSR count). The molecule has 1 heterocycles. The second kappa shape index (κ2) is 7.26. The normalized spacial score (nSPS) is 10.6. The Labute approximate surface area is 117 Å². The highest BCUT2D eigenvalue weighted by Gasteiger charge is 2.05. The number of hydrogen-bond donors (Lipinski definition) is 1. The first-order valence-corrected chi connectivity index (χ1v) is 7.37. The highest BCUT2D eigenvalue weighted by molar-refractivity contribution is 7.07. The number of rotatable bonds is 7. The number of benzene rings is 1. The summed E-state index contributed by atoms with van der Waals surface area (Å²) >= 11 is 1.61. The zero-order chi connectivity index (χ0) is 13.5. The molecule has 0 aliphatic rings. The molecular weight excluding hydrogens is 261 g/mol. The molecule has 0 aliphatic carbocycles. The van der Waals surface area contributed by atoms with Gasteiger partial charge in [0.25, 0.3) is 0 Å². The fourth-order valence-electron chi connectivity index (χ4n) is 1.72. The summed E-state index contributed by atoms with van der Waals surface area (Å²) in [6.07, 6.45) is 1.07. The van der Waals surface area contributed by atoms with E-state index in [2.05, 4.69) is 12.2 Å². The van der Waals surface area contributed by atoms with Gasteiger partial charge in [0.1, 0.15) is 6.61 Å². The molecule has 2 aromatic rings. The van der Waals surface area contributed by atoms with E-state index < -0.39 is 0 Å². The number of halogens is 1. The Kier molecular flexibility index (Phi) is 5.36. The summed E-state index contributed by atoms with van der Waals surface area (Å²) in [4.78, 5) is 0. The Hall–Kier alpha value is -1.39. The van der Waals surface area contributed by atoms with Gasteiger partial charge in [-0.25, -0.2) is 4.39 Å². The van der Waals surface area contributed by atoms with Crippen LogP contribution in [0.1, 0.15) is 24.5 Å². The number of nitrogens with one attached hydrogen (secondary N) is 1. The monoisotopic (exact) mass is 279 g/mol. The minimum atomic E-state index is -0.300. The minimum Gasteiger partial charge on any atom is -0.486 e. The summed E-state index contributed by atoms with van der Waals surface area (Å²) in [7, 11) is 0. The minimum absolute atomic E-state index is 0.300. The SMILES string of the molecule is CCCNCc1ccc(OCc2ccsc2)c(F)c1. The lowest BCUT2D eigenvalue weighted by molar-refractivity contribution is 0.290. The first-order chi connectivity index (χ1) is 9.29. The first-order valence-electron chi connectivity index (χ1n) is 6.42. The van der Waals surface area contributed by atoms with E-state index >= 15 is 0 Å². The number of thiophene rings is 1. The van der Waals surface area contributed by atoms with Crippen LogP contribution in [0.25, 0.3) is 0 Å².